The van der Waals surface area contributed by atoms with Crippen molar-refractivity contribution in [2.75, 3.05) is 0 Å². The van der Waals surface area contributed by atoms with Crippen LogP contribution in [0.4, 0.5) is 0 Å². The molecule has 0 amide bonds. The highest BCUT2D eigenvalue weighted by molar-refractivity contribution is 7.67. The second kappa shape index (κ2) is 8.58. The molecule has 0 spiro atoms. The standard InChI is InChI=1S/C39H26NP/c1-40-35-22-20-25(23-34(35)38-32-16-7-5-13-28(32)29-14-6-8-17-33(29)39(38)40)26-19-21-31-30-15-9-10-18-36(30)41(37(31)24-26)27-11-3-2-4-12-27/h2-24H,1H3. The highest BCUT2D eigenvalue weighted by Gasteiger charge is 2.18. The molecule has 2 aromatic heterocycles. The fourth-order valence-electron chi connectivity index (χ4n) is 7.08. The lowest BCUT2D eigenvalue weighted by Crippen LogP contribution is -1.89. The maximum atomic E-state index is 2.47. The normalized spacial score (nSPS) is 12.5. The number of hydrogen-bond acceptors (Lipinski definition) is 0. The summed E-state index contributed by atoms with van der Waals surface area (Å²) in [6, 6.07) is 51.9. The van der Waals surface area contributed by atoms with Gasteiger partial charge in [0.2, 0.25) is 0 Å². The van der Waals surface area contributed by atoms with Crippen LogP contribution in [0.1, 0.15) is 0 Å². The highest BCUT2D eigenvalue weighted by Crippen LogP contribution is 2.55. The first-order chi connectivity index (χ1) is 20.3. The van der Waals surface area contributed by atoms with Gasteiger partial charge in [-0.1, -0.05) is 129 Å². The molecule has 192 valence electrons. The molecule has 0 saturated carbocycles. The largest absolute Gasteiger partial charge is 0.343 e. The second-order valence-corrected chi connectivity index (χ2v) is 13.2. The Morgan fingerprint density at radius 3 is 1.83 bits per heavy atom. The van der Waals surface area contributed by atoms with Crippen LogP contribution in [0.15, 0.2) is 140 Å². The Labute approximate surface area is 238 Å². The molecule has 0 aliphatic rings. The topological polar surface area (TPSA) is 4.93 Å². The zero-order valence-electron chi connectivity index (χ0n) is 22.7. The molecule has 1 nitrogen and oxygen atoms in total. The van der Waals surface area contributed by atoms with Crippen LogP contribution in [0, 0.1) is 0 Å². The number of aryl methyl sites for hydroxylation is 1. The minimum absolute atomic E-state index is 0.585. The lowest BCUT2D eigenvalue weighted by atomic mass is 9.95. The Morgan fingerprint density at radius 1 is 0.439 bits per heavy atom. The first-order valence-electron chi connectivity index (χ1n) is 14.2. The Balaban J connectivity index is 1.36. The molecule has 0 aliphatic heterocycles. The summed E-state index contributed by atoms with van der Waals surface area (Å²) < 4.78 is 2.39. The van der Waals surface area contributed by atoms with Crippen molar-refractivity contribution in [2.24, 2.45) is 7.05 Å². The minimum Gasteiger partial charge on any atom is -0.343 e. The molecule has 0 saturated heterocycles. The summed E-state index contributed by atoms with van der Waals surface area (Å²) in [4.78, 5) is 0. The molecule has 0 bridgehead atoms. The van der Waals surface area contributed by atoms with Crippen molar-refractivity contribution in [3.63, 3.8) is 0 Å². The summed E-state index contributed by atoms with van der Waals surface area (Å²) in [7, 11) is 1.63. The van der Waals surface area contributed by atoms with E-state index in [4.69, 9.17) is 0 Å². The van der Waals surface area contributed by atoms with Crippen LogP contribution in [0.3, 0.4) is 0 Å². The predicted molar refractivity (Wildman–Crippen MR) is 180 cm³/mol. The quantitative estimate of drug-likeness (QED) is 0.193. The molecule has 2 heteroatoms. The van der Waals surface area contributed by atoms with Gasteiger partial charge in [-0.25, -0.2) is 0 Å². The summed E-state index contributed by atoms with van der Waals surface area (Å²) in [5.41, 5.74) is 5.13. The molecule has 0 fully saturated rings. The van der Waals surface area contributed by atoms with Gasteiger partial charge in [-0.05, 0) is 61.6 Å². The number of nitrogens with zero attached hydrogens (tertiary/aromatic N) is 1. The number of fused-ring (bicyclic) bond motifs is 11. The third kappa shape index (κ3) is 3.19. The van der Waals surface area contributed by atoms with Crippen LogP contribution >= 0.6 is 7.53 Å². The lowest BCUT2D eigenvalue weighted by molar-refractivity contribution is 1.02. The molecule has 2 heterocycles. The molecule has 1 unspecified atom stereocenters. The molecule has 1 atom stereocenters. The van der Waals surface area contributed by atoms with E-state index in [0.717, 1.165) is 0 Å². The second-order valence-electron chi connectivity index (χ2n) is 11.0. The van der Waals surface area contributed by atoms with Gasteiger partial charge in [-0.3, -0.25) is 0 Å². The fraction of sp³-hybridized carbons (Fsp3) is 0.0256. The Kier molecular flexibility index (Phi) is 4.80. The Hall–Kier alpha value is -4.84. The smallest absolute Gasteiger partial charge is 0.0574 e. The molecule has 7 aromatic carbocycles. The summed E-state index contributed by atoms with van der Waals surface area (Å²) in [6.45, 7) is 0. The third-order valence-corrected chi connectivity index (χ3v) is 11.4. The van der Waals surface area contributed by atoms with E-state index >= 15 is 0 Å². The van der Waals surface area contributed by atoms with E-state index in [1.165, 1.54) is 80.8 Å². The van der Waals surface area contributed by atoms with Gasteiger partial charge in [0.05, 0.1) is 5.52 Å². The minimum atomic E-state index is -0.585. The predicted octanol–water partition coefficient (Wildman–Crippen LogP) is 11.6. The van der Waals surface area contributed by atoms with E-state index in [9.17, 15) is 0 Å². The number of rotatable bonds is 2. The van der Waals surface area contributed by atoms with Crippen LogP contribution in [0.25, 0.3) is 80.8 Å². The molecule has 0 N–H and O–H groups in total. The zero-order chi connectivity index (χ0) is 27.1. The maximum absolute atomic E-state index is 2.47. The molecule has 9 rings (SSSR count). The van der Waals surface area contributed by atoms with Gasteiger partial charge in [-0.15, -0.1) is 0 Å². The van der Waals surface area contributed by atoms with Crippen molar-refractivity contribution in [3.8, 4) is 16.4 Å². The van der Waals surface area contributed by atoms with Crippen LogP contribution in [-0.2, 0) is 7.05 Å². The van der Waals surface area contributed by atoms with Gasteiger partial charge in [0.15, 0.2) is 0 Å². The zero-order valence-corrected chi connectivity index (χ0v) is 23.6. The van der Waals surface area contributed by atoms with Gasteiger partial charge in [0.25, 0.3) is 0 Å². The molecular formula is C39H26NP. The Bertz CT molecular complexity index is 2480. The number of aromatic nitrogens is 1. The van der Waals surface area contributed by atoms with Crippen molar-refractivity contribution in [1.82, 2.24) is 4.57 Å². The van der Waals surface area contributed by atoms with E-state index in [0.29, 0.717) is 0 Å². The number of hydrogen-bond donors (Lipinski definition) is 0. The van der Waals surface area contributed by atoms with Gasteiger partial charge in [0.1, 0.15) is 0 Å². The third-order valence-electron chi connectivity index (χ3n) is 8.89. The van der Waals surface area contributed by atoms with Crippen LogP contribution in [0.5, 0.6) is 0 Å². The van der Waals surface area contributed by atoms with Crippen molar-refractivity contribution < 1.29 is 0 Å². The highest BCUT2D eigenvalue weighted by atomic mass is 31.1. The molecule has 41 heavy (non-hydrogen) atoms. The number of benzene rings is 7. The Morgan fingerprint density at radius 2 is 1.02 bits per heavy atom. The first kappa shape index (κ1) is 22.9. The summed E-state index contributed by atoms with van der Waals surface area (Å²) in [5, 5.41) is 15.0. The van der Waals surface area contributed by atoms with E-state index in [2.05, 4.69) is 151 Å². The molecule has 0 radical (unpaired) electrons. The van der Waals surface area contributed by atoms with Crippen molar-refractivity contribution in [1.29, 1.82) is 0 Å². The molecule has 9 aromatic rings. The van der Waals surface area contributed by atoms with E-state index in [1.807, 2.05) is 0 Å². The van der Waals surface area contributed by atoms with E-state index in [-0.39, 0.29) is 0 Å². The van der Waals surface area contributed by atoms with Crippen LogP contribution in [-0.4, -0.2) is 4.57 Å². The average Bonchev–Trinajstić information content (AvgIpc) is 3.53. The van der Waals surface area contributed by atoms with Crippen LogP contribution < -0.4 is 0 Å². The molecular weight excluding hydrogens is 513 g/mol. The molecule has 0 aliphatic carbocycles. The van der Waals surface area contributed by atoms with Crippen molar-refractivity contribution in [2.45, 2.75) is 0 Å². The maximum Gasteiger partial charge on any atom is 0.0574 e. The van der Waals surface area contributed by atoms with E-state index < -0.39 is 7.53 Å². The van der Waals surface area contributed by atoms with Gasteiger partial charge >= 0.3 is 0 Å². The fourth-order valence-corrected chi connectivity index (χ4v) is 9.74. The summed E-state index contributed by atoms with van der Waals surface area (Å²) >= 11 is 0. The van der Waals surface area contributed by atoms with Crippen molar-refractivity contribution in [3.05, 3.63) is 140 Å². The summed E-state index contributed by atoms with van der Waals surface area (Å²) in [5.74, 6) is 0. The lowest BCUT2D eigenvalue weighted by Gasteiger charge is -2.08. The van der Waals surface area contributed by atoms with E-state index in [1.54, 1.807) is 0 Å². The average molecular weight is 540 g/mol. The van der Waals surface area contributed by atoms with Gasteiger partial charge in [0, 0.05) is 39.0 Å². The monoisotopic (exact) mass is 539 g/mol. The summed E-state index contributed by atoms with van der Waals surface area (Å²) in [6.07, 6.45) is 0. The van der Waals surface area contributed by atoms with Crippen LogP contribution in [0.2, 0.25) is 0 Å². The SMILES string of the molecule is Cn1c2ccc(-c3ccc4c5ccccc5p(-c5ccccc5)c4c3)cc2c2c3ccccc3c3ccccc3c21. The van der Waals surface area contributed by atoms with Gasteiger partial charge < -0.3 is 4.57 Å². The first-order valence-corrected chi connectivity index (χ1v) is 15.5. The van der Waals surface area contributed by atoms with Gasteiger partial charge in [-0.2, -0.15) is 0 Å². The van der Waals surface area contributed by atoms with Crippen molar-refractivity contribution >= 4 is 71.9 Å².